The SMILES string of the molecule is C1CNC(CC2NCCO2)C1. The molecule has 0 saturated carbocycles. The van der Waals surface area contributed by atoms with Crippen LogP contribution in [-0.2, 0) is 4.74 Å². The molecule has 2 saturated heterocycles. The van der Waals surface area contributed by atoms with Crippen LogP contribution in [0.2, 0.25) is 0 Å². The molecule has 0 amide bonds. The highest BCUT2D eigenvalue weighted by Crippen LogP contribution is 2.12. The lowest BCUT2D eigenvalue weighted by molar-refractivity contribution is 0.0866. The molecule has 3 nitrogen and oxygen atoms in total. The third-order valence-electron chi connectivity index (χ3n) is 2.45. The van der Waals surface area contributed by atoms with E-state index in [-0.39, 0.29) is 0 Å². The number of hydrogen-bond donors (Lipinski definition) is 2. The van der Waals surface area contributed by atoms with E-state index in [0.717, 1.165) is 19.6 Å². The van der Waals surface area contributed by atoms with E-state index >= 15 is 0 Å². The van der Waals surface area contributed by atoms with Gasteiger partial charge in [-0.3, -0.25) is 5.32 Å². The fraction of sp³-hybridized carbons (Fsp3) is 1.00. The summed E-state index contributed by atoms with van der Waals surface area (Å²) in [5, 5.41) is 6.78. The zero-order chi connectivity index (χ0) is 7.52. The summed E-state index contributed by atoms with van der Waals surface area (Å²) in [6.45, 7) is 3.10. The quantitative estimate of drug-likeness (QED) is 0.594. The number of rotatable bonds is 2. The first-order chi connectivity index (χ1) is 5.45. The van der Waals surface area contributed by atoms with Crippen LogP contribution in [0.3, 0.4) is 0 Å². The van der Waals surface area contributed by atoms with Crippen LogP contribution in [0, 0.1) is 0 Å². The van der Waals surface area contributed by atoms with Gasteiger partial charge in [0, 0.05) is 19.0 Å². The summed E-state index contributed by atoms with van der Waals surface area (Å²) in [5.74, 6) is 0. The maximum atomic E-state index is 5.46. The van der Waals surface area contributed by atoms with Crippen molar-refractivity contribution in [2.45, 2.75) is 31.5 Å². The lowest BCUT2D eigenvalue weighted by Crippen LogP contribution is -2.32. The smallest absolute Gasteiger partial charge is 0.109 e. The summed E-state index contributed by atoms with van der Waals surface area (Å²) >= 11 is 0. The highest BCUT2D eigenvalue weighted by Gasteiger charge is 2.21. The standard InChI is InChI=1S/C8H16N2O/c1-2-7(9-3-1)6-8-10-4-5-11-8/h7-10H,1-6H2. The van der Waals surface area contributed by atoms with Crippen molar-refractivity contribution < 1.29 is 4.74 Å². The molecular formula is C8H16N2O. The van der Waals surface area contributed by atoms with Crippen LogP contribution in [-0.4, -0.2) is 32.0 Å². The largest absolute Gasteiger partial charge is 0.362 e. The van der Waals surface area contributed by atoms with Gasteiger partial charge >= 0.3 is 0 Å². The molecule has 11 heavy (non-hydrogen) atoms. The van der Waals surface area contributed by atoms with Crippen molar-refractivity contribution in [3.05, 3.63) is 0 Å². The van der Waals surface area contributed by atoms with Crippen molar-refractivity contribution in [3.8, 4) is 0 Å². The van der Waals surface area contributed by atoms with E-state index in [1.165, 1.54) is 19.4 Å². The minimum atomic E-state index is 0.325. The maximum Gasteiger partial charge on any atom is 0.109 e. The Morgan fingerprint density at radius 1 is 1.27 bits per heavy atom. The van der Waals surface area contributed by atoms with Gasteiger partial charge in [-0.1, -0.05) is 0 Å². The van der Waals surface area contributed by atoms with Crippen LogP contribution >= 0.6 is 0 Å². The normalized spacial score (nSPS) is 38.2. The fourth-order valence-electron chi connectivity index (χ4n) is 1.85. The van der Waals surface area contributed by atoms with Crippen LogP contribution in [0.15, 0.2) is 0 Å². The molecule has 2 aliphatic heterocycles. The van der Waals surface area contributed by atoms with Gasteiger partial charge in [-0.15, -0.1) is 0 Å². The van der Waals surface area contributed by atoms with E-state index in [1.807, 2.05) is 0 Å². The predicted octanol–water partition coefficient (Wildman–Crippen LogP) is 0.0744. The average Bonchev–Trinajstić information content (AvgIpc) is 2.60. The molecule has 0 spiro atoms. The van der Waals surface area contributed by atoms with Gasteiger partial charge in [0.2, 0.25) is 0 Å². The molecule has 2 rings (SSSR count). The first-order valence-corrected chi connectivity index (χ1v) is 4.53. The Bertz CT molecular complexity index is 103. The fourth-order valence-corrected chi connectivity index (χ4v) is 1.85. The van der Waals surface area contributed by atoms with Gasteiger partial charge in [0.15, 0.2) is 0 Å². The zero-order valence-electron chi connectivity index (χ0n) is 6.81. The first kappa shape index (κ1) is 7.53. The molecule has 2 heterocycles. The molecule has 2 N–H and O–H groups in total. The van der Waals surface area contributed by atoms with Crippen molar-refractivity contribution in [1.29, 1.82) is 0 Å². The molecule has 0 aliphatic carbocycles. The number of ether oxygens (including phenoxy) is 1. The Morgan fingerprint density at radius 3 is 2.91 bits per heavy atom. The Hall–Kier alpha value is -0.120. The Balaban J connectivity index is 1.71. The van der Waals surface area contributed by atoms with Crippen LogP contribution in [0.5, 0.6) is 0 Å². The third kappa shape index (κ3) is 1.92. The molecule has 0 radical (unpaired) electrons. The molecule has 2 atom stereocenters. The topological polar surface area (TPSA) is 33.3 Å². The molecule has 0 bridgehead atoms. The van der Waals surface area contributed by atoms with Gasteiger partial charge in [-0.05, 0) is 19.4 Å². The Labute approximate surface area is 67.5 Å². The molecule has 0 aromatic rings. The van der Waals surface area contributed by atoms with E-state index in [9.17, 15) is 0 Å². The van der Waals surface area contributed by atoms with Gasteiger partial charge in [-0.2, -0.15) is 0 Å². The molecule has 0 aromatic heterocycles. The molecule has 64 valence electrons. The number of hydrogen-bond acceptors (Lipinski definition) is 3. The van der Waals surface area contributed by atoms with Gasteiger partial charge < -0.3 is 10.1 Å². The molecule has 2 unspecified atom stereocenters. The summed E-state index contributed by atoms with van der Waals surface area (Å²) in [6, 6.07) is 0.700. The highest BCUT2D eigenvalue weighted by molar-refractivity contribution is 4.78. The van der Waals surface area contributed by atoms with Crippen molar-refractivity contribution in [3.63, 3.8) is 0 Å². The van der Waals surface area contributed by atoms with Gasteiger partial charge in [0.25, 0.3) is 0 Å². The lowest BCUT2D eigenvalue weighted by Gasteiger charge is -2.15. The van der Waals surface area contributed by atoms with E-state index in [0.29, 0.717) is 12.3 Å². The second-order valence-corrected chi connectivity index (χ2v) is 3.34. The molecule has 2 fully saturated rings. The van der Waals surface area contributed by atoms with Crippen LogP contribution in [0.4, 0.5) is 0 Å². The van der Waals surface area contributed by atoms with Crippen molar-refractivity contribution >= 4 is 0 Å². The Kier molecular flexibility index (Phi) is 2.41. The minimum absolute atomic E-state index is 0.325. The van der Waals surface area contributed by atoms with Crippen LogP contribution < -0.4 is 10.6 Å². The third-order valence-corrected chi connectivity index (χ3v) is 2.45. The van der Waals surface area contributed by atoms with Gasteiger partial charge in [-0.25, -0.2) is 0 Å². The Morgan fingerprint density at radius 2 is 2.27 bits per heavy atom. The zero-order valence-corrected chi connectivity index (χ0v) is 6.81. The molecular weight excluding hydrogens is 140 g/mol. The van der Waals surface area contributed by atoms with Crippen molar-refractivity contribution in [2.75, 3.05) is 19.7 Å². The van der Waals surface area contributed by atoms with Gasteiger partial charge in [0.05, 0.1) is 6.61 Å². The summed E-state index contributed by atoms with van der Waals surface area (Å²) in [6.07, 6.45) is 4.12. The second-order valence-electron chi connectivity index (χ2n) is 3.34. The van der Waals surface area contributed by atoms with E-state index in [4.69, 9.17) is 4.74 Å². The summed E-state index contributed by atoms with van der Waals surface area (Å²) in [7, 11) is 0. The van der Waals surface area contributed by atoms with Crippen molar-refractivity contribution in [2.24, 2.45) is 0 Å². The monoisotopic (exact) mass is 156 g/mol. The predicted molar refractivity (Wildman–Crippen MR) is 43.4 cm³/mol. The van der Waals surface area contributed by atoms with Crippen LogP contribution in [0.25, 0.3) is 0 Å². The second kappa shape index (κ2) is 3.52. The number of nitrogens with one attached hydrogen (secondary N) is 2. The van der Waals surface area contributed by atoms with E-state index < -0.39 is 0 Å². The summed E-state index contributed by atoms with van der Waals surface area (Å²) in [5.41, 5.74) is 0. The molecule has 2 aliphatic rings. The van der Waals surface area contributed by atoms with Crippen LogP contribution in [0.1, 0.15) is 19.3 Å². The highest BCUT2D eigenvalue weighted by atomic mass is 16.5. The maximum absolute atomic E-state index is 5.46. The van der Waals surface area contributed by atoms with Gasteiger partial charge in [0.1, 0.15) is 6.23 Å². The summed E-state index contributed by atoms with van der Waals surface area (Å²) in [4.78, 5) is 0. The average molecular weight is 156 g/mol. The first-order valence-electron chi connectivity index (χ1n) is 4.53. The van der Waals surface area contributed by atoms with E-state index in [2.05, 4.69) is 10.6 Å². The molecule has 0 aromatic carbocycles. The molecule has 3 heteroatoms. The minimum Gasteiger partial charge on any atom is -0.362 e. The summed E-state index contributed by atoms with van der Waals surface area (Å²) < 4.78 is 5.46. The van der Waals surface area contributed by atoms with Crippen molar-refractivity contribution in [1.82, 2.24) is 10.6 Å². The lowest BCUT2D eigenvalue weighted by atomic mass is 10.1. The van der Waals surface area contributed by atoms with E-state index in [1.54, 1.807) is 0 Å².